The van der Waals surface area contributed by atoms with Gasteiger partial charge in [0, 0.05) is 23.9 Å². The van der Waals surface area contributed by atoms with E-state index in [0.29, 0.717) is 30.2 Å². The van der Waals surface area contributed by atoms with Crippen LogP contribution in [0, 0.1) is 5.41 Å². The fourth-order valence-corrected chi connectivity index (χ4v) is 2.84. The number of rotatable bonds is 7. The van der Waals surface area contributed by atoms with E-state index in [9.17, 15) is 9.59 Å². The number of pyridine rings is 1. The number of carbonyl (C=O) groups excluding carboxylic acids is 1. The van der Waals surface area contributed by atoms with Crippen LogP contribution in [0.25, 0.3) is 11.1 Å². The minimum atomic E-state index is -0.429. The van der Waals surface area contributed by atoms with Gasteiger partial charge < -0.3 is 14.0 Å². The van der Waals surface area contributed by atoms with Crippen molar-refractivity contribution in [1.82, 2.24) is 4.57 Å². The molecule has 5 heteroatoms. The molecule has 0 atom stereocenters. The molecular weight excluding hydrogens is 330 g/mol. The maximum absolute atomic E-state index is 12.7. The van der Waals surface area contributed by atoms with Crippen LogP contribution >= 0.6 is 0 Å². The van der Waals surface area contributed by atoms with Crippen LogP contribution in [0.5, 0.6) is 5.75 Å². The molecule has 0 unspecified atom stereocenters. The van der Waals surface area contributed by atoms with E-state index in [1.807, 2.05) is 10.8 Å². The molecule has 0 aromatic heterocycles. The zero-order valence-electron chi connectivity index (χ0n) is 16.4. The zero-order chi connectivity index (χ0) is 19.3. The Kier molecular flexibility index (Phi) is 6.46. The molecule has 0 spiro atoms. The van der Waals surface area contributed by atoms with Gasteiger partial charge in [0.25, 0.3) is 0 Å². The molecule has 26 heavy (non-hydrogen) atoms. The third-order valence-electron chi connectivity index (χ3n) is 3.92. The number of unbranched alkanes of at least 4 members (excludes halogenated alkanes) is 1. The van der Waals surface area contributed by atoms with E-state index in [1.54, 1.807) is 13.0 Å². The number of esters is 1. The minimum absolute atomic E-state index is 0.0429. The maximum Gasteiger partial charge on any atom is 0.358 e. The average molecular weight is 359 g/mol. The molecule has 0 radical (unpaired) electrons. The van der Waals surface area contributed by atoms with Crippen molar-refractivity contribution in [3.05, 3.63) is 40.3 Å². The van der Waals surface area contributed by atoms with E-state index in [2.05, 4.69) is 27.7 Å². The van der Waals surface area contributed by atoms with Crippen LogP contribution in [0.1, 0.15) is 57.9 Å². The molecule has 2 rings (SSSR count). The van der Waals surface area contributed by atoms with E-state index in [0.717, 1.165) is 18.4 Å². The summed E-state index contributed by atoms with van der Waals surface area (Å²) < 4.78 is 13.2. The molecule has 0 saturated heterocycles. The number of carbonyl (C=O) groups is 1. The van der Waals surface area contributed by atoms with Crippen molar-refractivity contribution >= 4 is 5.97 Å². The van der Waals surface area contributed by atoms with Gasteiger partial charge in [-0.2, -0.15) is 0 Å². The molecule has 0 fully saturated rings. The molecule has 1 aliphatic carbocycles. The first-order chi connectivity index (χ1) is 12.3. The van der Waals surface area contributed by atoms with Crippen LogP contribution in [-0.4, -0.2) is 23.8 Å². The van der Waals surface area contributed by atoms with E-state index < -0.39 is 5.97 Å². The van der Waals surface area contributed by atoms with Crippen molar-refractivity contribution in [1.29, 1.82) is 0 Å². The average Bonchev–Trinajstić information content (AvgIpc) is 2.54. The van der Waals surface area contributed by atoms with Gasteiger partial charge in [-0.3, -0.25) is 4.79 Å². The van der Waals surface area contributed by atoms with Gasteiger partial charge >= 0.3 is 5.97 Å². The molecule has 0 N–H and O–H groups in total. The van der Waals surface area contributed by atoms with Crippen molar-refractivity contribution in [3.63, 3.8) is 0 Å². The number of benzene rings is 1. The molecule has 0 bridgehead atoms. The van der Waals surface area contributed by atoms with Gasteiger partial charge in [-0.15, -0.1) is 0 Å². The van der Waals surface area contributed by atoms with Gasteiger partial charge in [0.15, 0.2) is 16.9 Å². The van der Waals surface area contributed by atoms with Crippen molar-refractivity contribution in [2.75, 3.05) is 13.2 Å². The highest BCUT2D eigenvalue weighted by atomic mass is 16.5. The van der Waals surface area contributed by atoms with Gasteiger partial charge in [-0.25, -0.2) is 4.79 Å². The third kappa shape index (κ3) is 4.87. The van der Waals surface area contributed by atoms with Gasteiger partial charge in [0.2, 0.25) is 0 Å². The summed E-state index contributed by atoms with van der Waals surface area (Å²) in [5, 5.41) is 0. The zero-order valence-corrected chi connectivity index (χ0v) is 16.4. The van der Waals surface area contributed by atoms with E-state index >= 15 is 0 Å². The number of hydrogen-bond acceptors (Lipinski definition) is 4. The molecule has 1 heterocycles. The predicted octanol–water partition coefficient (Wildman–Crippen LogP) is 4.35. The number of aromatic nitrogens is 1. The van der Waals surface area contributed by atoms with Crippen molar-refractivity contribution in [2.45, 2.75) is 54.0 Å². The quantitative estimate of drug-likeness (QED) is 0.544. The Morgan fingerprint density at radius 3 is 2.54 bits per heavy atom. The Morgan fingerprint density at radius 2 is 1.92 bits per heavy atom. The molecule has 0 aromatic carbocycles. The SMILES string of the molecule is CCCCOc1c2cc(=O)ccc-2cn(CC(C)(C)C)c1C(=O)OCC. The summed E-state index contributed by atoms with van der Waals surface area (Å²) in [5.41, 5.74) is 1.74. The molecule has 0 saturated carbocycles. The molecule has 2 aliphatic rings. The van der Waals surface area contributed by atoms with Crippen LogP contribution in [0.2, 0.25) is 0 Å². The van der Waals surface area contributed by atoms with E-state index in [-0.39, 0.29) is 17.5 Å². The molecular formula is C21H29NO4. The Morgan fingerprint density at radius 1 is 1.19 bits per heavy atom. The fourth-order valence-electron chi connectivity index (χ4n) is 2.84. The van der Waals surface area contributed by atoms with Gasteiger partial charge in [-0.05, 0) is 37.0 Å². The summed E-state index contributed by atoms with van der Waals surface area (Å²) in [6, 6.07) is 4.84. The van der Waals surface area contributed by atoms with Gasteiger partial charge in [-0.1, -0.05) is 34.1 Å². The second kappa shape index (κ2) is 8.39. The Hall–Kier alpha value is -2.30. The maximum atomic E-state index is 12.7. The predicted molar refractivity (Wildman–Crippen MR) is 103 cm³/mol. The second-order valence-corrected chi connectivity index (χ2v) is 7.67. The molecule has 5 nitrogen and oxygen atoms in total. The smallest absolute Gasteiger partial charge is 0.358 e. The molecule has 0 amide bonds. The van der Waals surface area contributed by atoms with E-state index in [4.69, 9.17) is 9.47 Å². The van der Waals surface area contributed by atoms with Crippen LogP contribution in [0.15, 0.2) is 29.2 Å². The first-order valence-electron chi connectivity index (χ1n) is 9.24. The van der Waals surface area contributed by atoms with Crippen LogP contribution in [0.4, 0.5) is 0 Å². The number of ether oxygens (including phenoxy) is 2. The number of fused-ring (bicyclic) bond motifs is 1. The first kappa shape index (κ1) is 20.0. The number of hydrogen-bond donors (Lipinski definition) is 0. The summed E-state index contributed by atoms with van der Waals surface area (Å²) in [6.07, 6.45) is 3.75. The lowest BCUT2D eigenvalue weighted by molar-refractivity contribution is 0.0504. The van der Waals surface area contributed by atoms with Crippen LogP contribution in [0.3, 0.4) is 0 Å². The van der Waals surface area contributed by atoms with Crippen molar-refractivity contribution in [3.8, 4) is 16.9 Å². The van der Waals surface area contributed by atoms with Crippen molar-refractivity contribution < 1.29 is 14.3 Å². The summed E-state index contributed by atoms with van der Waals surface area (Å²) in [4.78, 5) is 24.6. The third-order valence-corrected chi connectivity index (χ3v) is 3.92. The Bertz CT molecular complexity index is 786. The number of nitrogens with zero attached hydrogens (tertiary/aromatic N) is 1. The minimum Gasteiger partial charge on any atom is -0.490 e. The highest BCUT2D eigenvalue weighted by Crippen LogP contribution is 2.36. The highest BCUT2D eigenvalue weighted by Gasteiger charge is 2.26. The lowest BCUT2D eigenvalue weighted by atomic mass is 9.95. The highest BCUT2D eigenvalue weighted by molar-refractivity contribution is 5.94. The standard InChI is InChI=1S/C21H29NO4/c1-6-8-11-26-19-17-12-16(23)10-9-15(17)13-22(14-21(3,4)5)18(19)20(24)25-7-2/h9-10,12-13H,6-8,11,14H2,1-5H3. The largest absolute Gasteiger partial charge is 0.490 e. The molecule has 142 valence electrons. The first-order valence-corrected chi connectivity index (χ1v) is 9.24. The van der Waals surface area contributed by atoms with Gasteiger partial charge in [0.05, 0.1) is 13.2 Å². The van der Waals surface area contributed by atoms with Crippen LogP contribution in [-0.2, 0) is 11.3 Å². The lowest BCUT2D eigenvalue weighted by Crippen LogP contribution is -2.24. The normalized spacial score (nSPS) is 11.6. The monoisotopic (exact) mass is 359 g/mol. The Balaban J connectivity index is 2.72. The summed E-state index contributed by atoms with van der Waals surface area (Å²) in [6.45, 7) is 11.6. The Labute approximate surface area is 155 Å². The lowest BCUT2D eigenvalue weighted by Gasteiger charge is -2.26. The van der Waals surface area contributed by atoms with Crippen molar-refractivity contribution in [2.24, 2.45) is 5.41 Å². The summed E-state index contributed by atoms with van der Waals surface area (Å²) >= 11 is 0. The second-order valence-electron chi connectivity index (χ2n) is 7.67. The topological polar surface area (TPSA) is 57.5 Å². The fraction of sp³-hybridized carbons (Fsp3) is 0.524. The summed E-state index contributed by atoms with van der Waals surface area (Å²) in [7, 11) is 0. The molecule has 0 aromatic rings. The molecule has 1 aliphatic heterocycles. The van der Waals surface area contributed by atoms with Gasteiger partial charge in [0.1, 0.15) is 0 Å². The van der Waals surface area contributed by atoms with Crippen LogP contribution < -0.4 is 10.2 Å². The summed E-state index contributed by atoms with van der Waals surface area (Å²) in [5.74, 6) is 0.0119. The van der Waals surface area contributed by atoms with E-state index in [1.165, 1.54) is 12.1 Å².